The number of fused-ring (bicyclic) bond motifs is 7. The van der Waals surface area contributed by atoms with Crippen molar-refractivity contribution in [2.24, 2.45) is 56.2 Å². The van der Waals surface area contributed by atoms with E-state index in [4.69, 9.17) is 4.74 Å². The van der Waals surface area contributed by atoms with Gasteiger partial charge in [0.25, 0.3) is 0 Å². The van der Waals surface area contributed by atoms with E-state index < -0.39 is 17.4 Å². The molecule has 8 nitrogen and oxygen atoms in total. The zero-order valence-corrected chi connectivity index (χ0v) is 37.2. The molecule has 4 fully saturated rings. The van der Waals surface area contributed by atoms with Crippen LogP contribution >= 0.6 is 0 Å². The van der Waals surface area contributed by atoms with Gasteiger partial charge in [-0.05, 0) is 136 Å². The fraction of sp³-hybridized carbons (Fsp3) is 0.720. The molecular formula is C50H73N3O5. The highest BCUT2D eigenvalue weighted by Crippen LogP contribution is 2.77. The van der Waals surface area contributed by atoms with Crippen LogP contribution < -0.4 is 0 Å². The normalized spacial score (nSPS) is 34.4. The van der Waals surface area contributed by atoms with E-state index in [-0.39, 0.29) is 45.5 Å². The Bertz CT molecular complexity index is 1870. The number of rotatable bonds is 14. The van der Waals surface area contributed by atoms with Crippen LogP contribution in [0.3, 0.4) is 0 Å². The summed E-state index contributed by atoms with van der Waals surface area (Å²) in [5.74, 6) is 0.629. The maximum atomic E-state index is 14.4. The highest BCUT2D eigenvalue weighted by Gasteiger charge is 2.70. The zero-order valence-electron chi connectivity index (χ0n) is 37.2. The Morgan fingerprint density at radius 1 is 0.948 bits per heavy atom. The number of ether oxygens (including phenoxy) is 1. The van der Waals surface area contributed by atoms with Crippen molar-refractivity contribution in [1.82, 2.24) is 14.5 Å². The summed E-state index contributed by atoms with van der Waals surface area (Å²) < 4.78 is 8.39. The minimum absolute atomic E-state index is 0.0659. The molecule has 0 spiro atoms. The second-order valence-corrected chi connectivity index (χ2v) is 21.8. The van der Waals surface area contributed by atoms with Crippen molar-refractivity contribution in [3.05, 3.63) is 65.8 Å². The van der Waals surface area contributed by atoms with Gasteiger partial charge in [0.1, 0.15) is 6.10 Å². The number of aryl methyl sites for hydroxylation is 1. The second-order valence-electron chi connectivity index (χ2n) is 21.8. The lowest BCUT2D eigenvalue weighted by molar-refractivity contribution is -0.233. The number of carbonyl (C=O) groups is 3. The maximum absolute atomic E-state index is 14.4. The molecular weight excluding hydrogens is 723 g/mol. The maximum Gasteiger partial charge on any atom is 0.309 e. The second kappa shape index (κ2) is 15.6. The SMILES string of the molecule is CC(C)C1=C2C3CCC4C5(C)CCC(OC(=O)CC(C)(C)C(=O)O)C(C)(C)C5CCC4(C)C3(C)CCC2(CCN(CCCn2ccnc2)Cc2ccccc2)CC1=O. The minimum atomic E-state index is -1.15. The number of carboxylic acids is 1. The molecule has 2 aromatic rings. The van der Waals surface area contributed by atoms with Crippen molar-refractivity contribution >= 4 is 17.7 Å². The third kappa shape index (κ3) is 7.33. The number of hydrogen-bond donors (Lipinski definition) is 1. The van der Waals surface area contributed by atoms with Crippen LogP contribution in [-0.4, -0.2) is 56.5 Å². The molecule has 8 atom stereocenters. The summed E-state index contributed by atoms with van der Waals surface area (Å²) in [5.41, 5.74) is 2.97. The third-order valence-electron chi connectivity index (χ3n) is 17.6. The predicted octanol–water partition coefficient (Wildman–Crippen LogP) is 10.6. The first-order valence-corrected chi connectivity index (χ1v) is 22.7. The van der Waals surface area contributed by atoms with E-state index >= 15 is 0 Å². The van der Waals surface area contributed by atoms with E-state index in [0.717, 1.165) is 84.0 Å². The van der Waals surface area contributed by atoms with Gasteiger partial charge in [0.2, 0.25) is 0 Å². The summed E-state index contributed by atoms with van der Waals surface area (Å²) in [5, 5.41) is 9.67. The molecule has 1 aromatic heterocycles. The first kappa shape index (κ1) is 42.8. The van der Waals surface area contributed by atoms with Gasteiger partial charge < -0.3 is 14.4 Å². The summed E-state index contributed by atoms with van der Waals surface area (Å²) in [6.45, 7) is 24.0. The first-order valence-electron chi connectivity index (χ1n) is 22.7. The van der Waals surface area contributed by atoms with Crippen molar-refractivity contribution in [2.75, 3.05) is 13.1 Å². The van der Waals surface area contributed by atoms with Crippen molar-refractivity contribution in [1.29, 1.82) is 0 Å². The number of ketones is 1. The number of imidazole rings is 1. The van der Waals surface area contributed by atoms with Gasteiger partial charge >= 0.3 is 11.9 Å². The van der Waals surface area contributed by atoms with E-state index in [1.165, 1.54) is 17.6 Å². The highest BCUT2D eigenvalue weighted by atomic mass is 16.5. The largest absolute Gasteiger partial charge is 0.481 e. The predicted molar refractivity (Wildman–Crippen MR) is 229 cm³/mol. The molecule has 0 bridgehead atoms. The lowest BCUT2D eigenvalue weighted by atomic mass is 9.33. The summed E-state index contributed by atoms with van der Waals surface area (Å²) in [6.07, 6.45) is 16.9. The Morgan fingerprint density at radius 2 is 1.69 bits per heavy atom. The van der Waals surface area contributed by atoms with Gasteiger partial charge in [-0.3, -0.25) is 19.3 Å². The summed E-state index contributed by atoms with van der Waals surface area (Å²) >= 11 is 0. The molecule has 58 heavy (non-hydrogen) atoms. The van der Waals surface area contributed by atoms with Gasteiger partial charge in [0.05, 0.1) is 18.2 Å². The molecule has 1 N–H and O–H groups in total. The summed E-state index contributed by atoms with van der Waals surface area (Å²) in [7, 11) is 0. The van der Waals surface area contributed by atoms with Gasteiger partial charge in [0.15, 0.2) is 5.78 Å². The molecule has 0 amide bonds. The van der Waals surface area contributed by atoms with Crippen LogP contribution in [0.2, 0.25) is 0 Å². The molecule has 0 aliphatic heterocycles. The molecule has 8 heteroatoms. The Morgan fingerprint density at radius 3 is 2.36 bits per heavy atom. The molecule has 1 heterocycles. The Balaban J connectivity index is 1.13. The highest BCUT2D eigenvalue weighted by molar-refractivity contribution is 6.00. The van der Waals surface area contributed by atoms with Crippen molar-refractivity contribution in [3.63, 3.8) is 0 Å². The lowest BCUT2D eigenvalue weighted by Crippen LogP contribution is -2.65. The number of carbonyl (C=O) groups excluding carboxylic acids is 2. The Hall–Kier alpha value is -3.26. The minimum Gasteiger partial charge on any atom is -0.481 e. The van der Waals surface area contributed by atoms with Crippen LogP contribution in [0.5, 0.6) is 0 Å². The molecule has 4 saturated carbocycles. The number of carboxylic acid groups (broad SMARTS) is 1. The number of Topliss-reactive ketones (excluding diaryl/α,β-unsaturated/α-hetero) is 1. The lowest BCUT2D eigenvalue weighted by Gasteiger charge is -2.72. The number of hydrogen-bond acceptors (Lipinski definition) is 6. The van der Waals surface area contributed by atoms with E-state index in [9.17, 15) is 19.5 Å². The van der Waals surface area contributed by atoms with Gasteiger partial charge in [-0.2, -0.15) is 0 Å². The number of allylic oxidation sites excluding steroid dienone is 2. The fourth-order valence-corrected chi connectivity index (χ4v) is 14.3. The zero-order chi connectivity index (χ0) is 41.9. The number of esters is 1. The first-order chi connectivity index (χ1) is 27.3. The molecule has 8 unspecified atom stereocenters. The van der Waals surface area contributed by atoms with Gasteiger partial charge in [-0.25, -0.2) is 4.98 Å². The monoisotopic (exact) mass is 796 g/mol. The smallest absolute Gasteiger partial charge is 0.309 e. The van der Waals surface area contributed by atoms with Gasteiger partial charge in [0, 0.05) is 49.3 Å². The van der Waals surface area contributed by atoms with Crippen LogP contribution in [0.1, 0.15) is 145 Å². The van der Waals surface area contributed by atoms with Crippen LogP contribution in [-0.2, 0) is 32.2 Å². The van der Waals surface area contributed by atoms with Crippen LogP contribution in [0.25, 0.3) is 0 Å². The van der Waals surface area contributed by atoms with Crippen molar-refractivity contribution in [2.45, 2.75) is 159 Å². The molecule has 7 rings (SSSR count). The van der Waals surface area contributed by atoms with Crippen LogP contribution in [0.4, 0.5) is 0 Å². The molecule has 1 aromatic carbocycles. The van der Waals surface area contributed by atoms with Crippen molar-refractivity contribution < 1.29 is 24.2 Å². The van der Waals surface area contributed by atoms with E-state index in [1.54, 1.807) is 19.4 Å². The topological polar surface area (TPSA) is 102 Å². The van der Waals surface area contributed by atoms with Crippen LogP contribution in [0, 0.1) is 56.2 Å². The van der Waals surface area contributed by atoms with E-state index in [0.29, 0.717) is 30.0 Å². The Labute approximate surface area is 349 Å². The van der Waals surface area contributed by atoms with Crippen LogP contribution in [0.15, 0.2) is 60.2 Å². The average molecular weight is 796 g/mol. The Kier molecular flexibility index (Phi) is 11.6. The summed E-state index contributed by atoms with van der Waals surface area (Å²) in [6, 6.07) is 10.9. The van der Waals surface area contributed by atoms with Gasteiger partial charge in [-0.1, -0.05) is 84.4 Å². The quantitative estimate of drug-likeness (QED) is 0.190. The molecule has 5 aliphatic rings. The standard InChI is InChI=1S/C50H73N3O5/c1-34(2)42-37(54)30-50(24-28-52(32-35-14-11-10-12-15-35)26-13-27-53-29-25-51-33-53)23-22-48(8)36(43(42)50)16-17-39-47(7)20-19-40(58-41(55)31-45(3,4)44(56)57)46(5,6)38(47)18-21-49(39,48)9/h10-12,14-15,25,29,33-34,36,38-40H,13,16-24,26-28,30-32H2,1-9H3,(H,56,57). The number of aliphatic carboxylic acids is 1. The molecule has 318 valence electrons. The van der Waals surface area contributed by atoms with Crippen molar-refractivity contribution in [3.8, 4) is 0 Å². The number of benzene rings is 1. The van der Waals surface area contributed by atoms with E-state index in [1.807, 2.05) is 18.7 Å². The molecule has 0 radical (unpaired) electrons. The number of nitrogens with zero attached hydrogens (tertiary/aromatic N) is 3. The fourth-order valence-electron chi connectivity index (χ4n) is 14.3. The molecule has 5 aliphatic carbocycles. The third-order valence-corrected chi connectivity index (χ3v) is 17.6. The average Bonchev–Trinajstić information content (AvgIpc) is 3.78. The number of aromatic nitrogens is 2. The van der Waals surface area contributed by atoms with E-state index in [2.05, 4.69) is 93.2 Å². The molecule has 0 saturated heterocycles. The van der Waals surface area contributed by atoms with Gasteiger partial charge in [-0.15, -0.1) is 0 Å². The summed E-state index contributed by atoms with van der Waals surface area (Å²) in [4.78, 5) is 46.2.